The normalized spacial score (nSPS) is 13.3. The van der Waals surface area contributed by atoms with E-state index in [2.05, 4.69) is 10.6 Å². The van der Waals surface area contributed by atoms with Crippen LogP contribution in [0.3, 0.4) is 0 Å². The maximum Gasteiger partial charge on any atom is 0.337 e. The van der Waals surface area contributed by atoms with E-state index in [1.807, 2.05) is 0 Å². The van der Waals surface area contributed by atoms with E-state index in [4.69, 9.17) is 5.11 Å². The zero-order valence-corrected chi connectivity index (χ0v) is 12.5. The fourth-order valence-corrected chi connectivity index (χ4v) is 2.30. The van der Waals surface area contributed by atoms with E-state index in [0.717, 1.165) is 6.07 Å². The molecule has 0 spiro atoms. The number of hydrogen-bond donors (Lipinski definition) is 3. The fourth-order valence-electron chi connectivity index (χ4n) is 1.62. The van der Waals surface area contributed by atoms with Crippen LogP contribution in [0.1, 0.15) is 23.7 Å². The Kier molecular flexibility index (Phi) is 6.29. The molecule has 0 saturated heterocycles. The summed E-state index contributed by atoms with van der Waals surface area (Å²) in [6, 6.07) is 2.53. The summed E-state index contributed by atoms with van der Waals surface area (Å²) in [7, 11) is -0.962. The molecule has 1 aromatic rings. The number of nitrogens with one attached hydrogen (secondary N) is 2. The van der Waals surface area contributed by atoms with Gasteiger partial charge in [-0.25, -0.2) is 14.0 Å². The van der Waals surface area contributed by atoms with Gasteiger partial charge in [0.2, 0.25) is 0 Å². The molecule has 1 rings (SSSR count). The molecule has 0 radical (unpaired) electrons. The minimum Gasteiger partial charge on any atom is -0.478 e. The third-order valence-corrected chi connectivity index (χ3v) is 3.51. The van der Waals surface area contributed by atoms with Crippen molar-refractivity contribution in [1.82, 2.24) is 5.32 Å². The van der Waals surface area contributed by atoms with Gasteiger partial charge in [0.15, 0.2) is 0 Å². The van der Waals surface area contributed by atoms with Crippen molar-refractivity contribution in [2.75, 3.05) is 17.3 Å². The molecule has 1 aromatic carbocycles. The Morgan fingerprint density at radius 3 is 2.67 bits per heavy atom. The van der Waals surface area contributed by atoms with Crippen molar-refractivity contribution in [3.8, 4) is 0 Å². The van der Waals surface area contributed by atoms with E-state index in [-0.39, 0.29) is 17.3 Å². The summed E-state index contributed by atoms with van der Waals surface area (Å²) in [4.78, 5) is 22.7. The van der Waals surface area contributed by atoms with Gasteiger partial charge in [-0.15, -0.1) is 0 Å². The first-order chi connectivity index (χ1) is 9.81. The largest absolute Gasteiger partial charge is 0.478 e. The zero-order chi connectivity index (χ0) is 16.0. The maximum atomic E-state index is 13.6. The molecule has 2 atom stereocenters. The highest BCUT2D eigenvalue weighted by Crippen LogP contribution is 2.19. The lowest BCUT2D eigenvalue weighted by Crippen LogP contribution is -2.37. The molecular formula is C13H17FN2O4S. The van der Waals surface area contributed by atoms with Gasteiger partial charge in [-0.05, 0) is 25.5 Å². The Hall–Kier alpha value is -1.96. The third kappa shape index (κ3) is 5.50. The highest BCUT2D eigenvalue weighted by atomic mass is 32.2. The van der Waals surface area contributed by atoms with Gasteiger partial charge in [0.25, 0.3) is 0 Å². The minimum absolute atomic E-state index is 0.269. The Balaban J connectivity index is 2.71. The molecule has 21 heavy (non-hydrogen) atoms. The summed E-state index contributed by atoms with van der Waals surface area (Å²) in [6.45, 7) is 1.71. The van der Waals surface area contributed by atoms with Gasteiger partial charge in [-0.3, -0.25) is 4.21 Å². The summed E-state index contributed by atoms with van der Waals surface area (Å²) < 4.78 is 24.6. The number of carbonyl (C=O) groups excluding carboxylic acids is 1. The average Bonchev–Trinajstić information content (AvgIpc) is 2.38. The van der Waals surface area contributed by atoms with Gasteiger partial charge >= 0.3 is 12.0 Å². The molecule has 2 amide bonds. The molecule has 0 aliphatic carbocycles. The predicted molar refractivity (Wildman–Crippen MR) is 78.5 cm³/mol. The predicted octanol–water partition coefficient (Wildman–Crippen LogP) is 1.80. The molecule has 2 unspecified atom stereocenters. The van der Waals surface area contributed by atoms with Crippen molar-refractivity contribution in [3.05, 3.63) is 29.6 Å². The SMILES string of the molecule is CC(CCS(C)=O)NC(=O)Nc1c(F)cccc1C(=O)O. The molecule has 0 aliphatic rings. The quantitative estimate of drug-likeness (QED) is 0.746. The molecule has 0 aliphatic heterocycles. The number of para-hydroxylation sites is 1. The molecule has 0 heterocycles. The van der Waals surface area contributed by atoms with Gasteiger partial charge in [0, 0.05) is 28.9 Å². The summed E-state index contributed by atoms with van der Waals surface area (Å²) in [5.74, 6) is -1.73. The smallest absolute Gasteiger partial charge is 0.337 e. The summed E-state index contributed by atoms with van der Waals surface area (Å²) >= 11 is 0. The highest BCUT2D eigenvalue weighted by Gasteiger charge is 2.17. The maximum absolute atomic E-state index is 13.6. The Bertz CT molecular complexity index is 565. The summed E-state index contributed by atoms with van der Waals surface area (Å²) in [5, 5.41) is 13.7. The Morgan fingerprint density at radius 2 is 2.10 bits per heavy atom. The molecule has 0 saturated carbocycles. The lowest BCUT2D eigenvalue weighted by Gasteiger charge is -2.15. The number of hydrogen-bond acceptors (Lipinski definition) is 3. The first-order valence-corrected chi connectivity index (χ1v) is 7.93. The summed E-state index contributed by atoms with van der Waals surface area (Å²) in [5.41, 5.74) is -0.707. The highest BCUT2D eigenvalue weighted by molar-refractivity contribution is 7.84. The second-order valence-electron chi connectivity index (χ2n) is 4.53. The second-order valence-corrected chi connectivity index (χ2v) is 6.09. The molecule has 0 bridgehead atoms. The lowest BCUT2D eigenvalue weighted by molar-refractivity contribution is 0.0697. The van der Waals surface area contributed by atoms with E-state index < -0.39 is 28.6 Å². The van der Waals surface area contributed by atoms with Crippen LogP contribution in [0.2, 0.25) is 0 Å². The Labute approximate surface area is 124 Å². The van der Waals surface area contributed by atoms with Crippen LogP contribution in [0.15, 0.2) is 18.2 Å². The molecular weight excluding hydrogens is 299 g/mol. The van der Waals surface area contributed by atoms with E-state index in [1.165, 1.54) is 12.1 Å². The van der Waals surface area contributed by atoms with Gasteiger partial charge in [0.05, 0.1) is 11.3 Å². The average molecular weight is 316 g/mol. The molecule has 0 aromatic heterocycles. The van der Waals surface area contributed by atoms with Crippen LogP contribution in [0.5, 0.6) is 0 Å². The van der Waals surface area contributed by atoms with Crippen LogP contribution in [0, 0.1) is 5.82 Å². The summed E-state index contributed by atoms with van der Waals surface area (Å²) in [6.07, 6.45) is 2.06. The standard InChI is InChI=1S/C13H17FN2O4S/c1-8(6-7-21(2)20)15-13(19)16-11-9(12(17)18)4-3-5-10(11)14/h3-5,8H,6-7H2,1-2H3,(H,17,18)(H2,15,16,19). The van der Waals surface area contributed by atoms with Crippen LogP contribution in [0.25, 0.3) is 0 Å². The fraction of sp³-hybridized carbons (Fsp3) is 0.385. The monoisotopic (exact) mass is 316 g/mol. The van der Waals surface area contributed by atoms with Crippen molar-refractivity contribution in [1.29, 1.82) is 0 Å². The van der Waals surface area contributed by atoms with Crippen molar-refractivity contribution < 1.29 is 23.3 Å². The van der Waals surface area contributed by atoms with Gasteiger partial charge < -0.3 is 15.7 Å². The van der Waals surface area contributed by atoms with E-state index in [1.54, 1.807) is 13.2 Å². The van der Waals surface area contributed by atoms with Crippen molar-refractivity contribution >= 4 is 28.5 Å². The van der Waals surface area contributed by atoms with Gasteiger partial charge in [-0.1, -0.05) is 6.07 Å². The number of benzene rings is 1. The topological polar surface area (TPSA) is 95.5 Å². The number of aromatic carboxylic acids is 1. The minimum atomic E-state index is -1.33. The van der Waals surface area contributed by atoms with Crippen LogP contribution >= 0.6 is 0 Å². The molecule has 6 nitrogen and oxygen atoms in total. The van der Waals surface area contributed by atoms with E-state index in [9.17, 15) is 18.2 Å². The number of rotatable bonds is 6. The van der Waals surface area contributed by atoms with Crippen LogP contribution in [0.4, 0.5) is 14.9 Å². The molecule has 0 fully saturated rings. The van der Waals surface area contributed by atoms with Crippen LogP contribution < -0.4 is 10.6 Å². The van der Waals surface area contributed by atoms with Crippen molar-refractivity contribution in [2.45, 2.75) is 19.4 Å². The number of carboxylic acid groups (broad SMARTS) is 1. The third-order valence-electron chi connectivity index (χ3n) is 2.70. The molecule has 116 valence electrons. The number of anilines is 1. The zero-order valence-electron chi connectivity index (χ0n) is 11.7. The number of amides is 2. The van der Waals surface area contributed by atoms with E-state index >= 15 is 0 Å². The van der Waals surface area contributed by atoms with Crippen LogP contribution in [-0.4, -0.2) is 39.4 Å². The number of carbonyl (C=O) groups is 2. The first-order valence-electron chi connectivity index (χ1n) is 6.20. The first kappa shape index (κ1) is 17.1. The second kappa shape index (κ2) is 7.72. The number of carboxylic acids is 1. The lowest BCUT2D eigenvalue weighted by atomic mass is 10.1. The van der Waals surface area contributed by atoms with Crippen molar-refractivity contribution in [3.63, 3.8) is 0 Å². The molecule has 8 heteroatoms. The van der Waals surface area contributed by atoms with Gasteiger partial charge in [-0.2, -0.15) is 0 Å². The van der Waals surface area contributed by atoms with Crippen molar-refractivity contribution in [2.24, 2.45) is 0 Å². The van der Waals surface area contributed by atoms with Gasteiger partial charge in [0.1, 0.15) is 5.82 Å². The number of halogens is 1. The molecule has 3 N–H and O–H groups in total. The Morgan fingerprint density at radius 1 is 1.43 bits per heavy atom. The van der Waals surface area contributed by atoms with Crippen LogP contribution in [-0.2, 0) is 10.8 Å². The number of urea groups is 1. The van der Waals surface area contributed by atoms with E-state index in [0.29, 0.717) is 12.2 Å².